The highest BCUT2D eigenvalue weighted by Crippen LogP contribution is 2.15. The molecule has 0 aromatic heterocycles. The molecule has 0 amide bonds. The molecule has 1 heterocycles. The molecular formula is C11H22ClNO2. The second kappa shape index (κ2) is 7.44. The van der Waals surface area contributed by atoms with Crippen LogP contribution in [0.5, 0.6) is 0 Å². The second-order valence-electron chi connectivity index (χ2n) is 4.35. The maximum absolute atomic E-state index is 8.65. The third kappa shape index (κ3) is 5.16. The predicted molar refractivity (Wildman–Crippen MR) is 62.4 cm³/mol. The van der Waals surface area contributed by atoms with E-state index in [0.717, 1.165) is 38.4 Å². The standard InChI is InChI=1S/C11H22ClNO2/c1-10(8-12)9-13-4-2-11(3-5-13)15-7-6-14/h10-11,14H,2-9H2,1H3. The minimum absolute atomic E-state index is 0.128. The molecule has 0 bridgehead atoms. The van der Waals surface area contributed by atoms with Gasteiger partial charge in [0.15, 0.2) is 0 Å². The molecule has 4 heteroatoms. The van der Waals surface area contributed by atoms with Gasteiger partial charge in [-0.15, -0.1) is 11.6 Å². The van der Waals surface area contributed by atoms with E-state index < -0.39 is 0 Å². The van der Waals surface area contributed by atoms with Crippen molar-refractivity contribution in [2.24, 2.45) is 5.92 Å². The van der Waals surface area contributed by atoms with Crippen LogP contribution in [0.15, 0.2) is 0 Å². The van der Waals surface area contributed by atoms with E-state index >= 15 is 0 Å². The molecule has 1 atom stereocenters. The van der Waals surface area contributed by atoms with E-state index in [4.69, 9.17) is 21.4 Å². The van der Waals surface area contributed by atoms with Gasteiger partial charge in [-0.25, -0.2) is 0 Å². The number of halogens is 1. The first-order chi connectivity index (χ1) is 7.26. The highest BCUT2D eigenvalue weighted by molar-refractivity contribution is 6.18. The van der Waals surface area contributed by atoms with Crippen molar-refractivity contribution in [1.29, 1.82) is 0 Å². The van der Waals surface area contributed by atoms with Gasteiger partial charge in [0, 0.05) is 25.5 Å². The largest absolute Gasteiger partial charge is 0.394 e. The molecule has 3 nitrogen and oxygen atoms in total. The Kier molecular flexibility index (Phi) is 6.57. The summed E-state index contributed by atoms with van der Waals surface area (Å²) in [6.07, 6.45) is 2.50. The van der Waals surface area contributed by atoms with E-state index in [1.54, 1.807) is 0 Å². The Balaban J connectivity index is 2.12. The molecule has 0 aromatic carbocycles. The minimum atomic E-state index is 0.128. The van der Waals surface area contributed by atoms with Crippen LogP contribution >= 0.6 is 11.6 Å². The fraction of sp³-hybridized carbons (Fsp3) is 1.00. The molecule has 1 aliphatic rings. The predicted octanol–water partition coefficient (Wildman–Crippen LogP) is 1.33. The Morgan fingerprint density at radius 2 is 2.13 bits per heavy atom. The molecule has 15 heavy (non-hydrogen) atoms. The molecule has 1 aliphatic heterocycles. The van der Waals surface area contributed by atoms with Gasteiger partial charge in [-0.3, -0.25) is 0 Å². The summed E-state index contributed by atoms with van der Waals surface area (Å²) in [4.78, 5) is 2.45. The fourth-order valence-electron chi connectivity index (χ4n) is 1.97. The van der Waals surface area contributed by atoms with Crippen LogP contribution in [-0.2, 0) is 4.74 Å². The van der Waals surface area contributed by atoms with Gasteiger partial charge in [-0.1, -0.05) is 6.92 Å². The van der Waals surface area contributed by atoms with Crippen LogP contribution in [-0.4, -0.2) is 54.8 Å². The molecule has 1 saturated heterocycles. The number of aliphatic hydroxyl groups excluding tert-OH is 1. The first-order valence-corrected chi connectivity index (χ1v) is 6.30. The normalized spacial score (nSPS) is 21.8. The first kappa shape index (κ1) is 13.2. The molecule has 90 valence electrons. The number of nitrogens with zero attached hydrogens (tertiary/aromatic N) is 1. The Morgan fingerprint density at radius 3 is 2.67 bits per heavy atom. The van der Waals surface area contributed by atoms with Crippen molar-refractivity contribution in [2.45, 2.75) is 25.9 Å². The van der Waals surface area contributed by atoms with Crippen molar-refractivity contribution in [3.05, 3.63) is 0 Å². The van der Waals surface area contributed by atoms with Crippen LogP contribution in [0.25, 0.3) is 0 Å². The molecule has 1 rings (SSSR count). The maximum Gasteiger partial charge on any atom is 0.0701 e. The van der Waals surface area contributed by atoms with E-state index in [-0.39, 0.29) is 6.61 Å². The summed E-state index contributed by atoms with van der Waals surface area (Å²) in [5, 5.41) is 8.65. The zero-order valence-corrected chi connectivity index (χ0v) is 10.2. The van der Waals surface area contributed by atoms with Crippen LogP contribution in [0.3, 0.4) is 0 Å². The van der Waals surface area contributed by atoms with E-state index in [2.05, 4.69) is 11.8 Å². The van der Waals surface area contributed by atoms with Gasteiger partial charge < -0.3 is 14.7 Å². The minimum Gasteiger partial charge on any atom is -0.394 e. The molecule has 1 N–H and O–H groups in total. The number of piperidine rings is 1. The molecule has 0 radical (unpaired) electrons. The van der Waals surface area contributed by atoms with Crippen LogP contribution in [0.1, 0.15) is 19.8 Å². The lowest BCUT2D eigenvalue weighted by molar-refractivity contribution is -0.00919. The average molecular weight is 236 g/mol. The topological polar surface area (TPSA) is 32.7 Å². The summed E-state index contributed by atoms with van der Waals surface area (Å²) >= 11 is 5.79. The Bertz CT molecular complexity index is 161. The monoisotopic (exact) mass is 235 g/mol. The van der Waals surface area contributed by atoms with Gasteiger partial charge in [0.25, 0.3) is 0 Å². The number of hydrogen-bond acceptors (Lipinski definition) is 3. The summed E-state index contributed by atoms with van der Waals surface area (Å²) in [6, 6.07) is 0. The lowest BCUT2D eigenvalue weighted by Gasteiger charge is -2.33. The number of hydrogen-bond donors (Lipinski definition) is 1. The second-order valence-corrected chi connectivity index (χ2v) is 4.66. The lowest BCUT2D eigenvalue weighted by atomic mass is 10.1. The van der Waals surface area contributed by atoms with Crippen LogP contribution in [0.2, 0.25) is 0 Å². The highest BCUT2D eigenvalue weighted by Gasteiger charge is 2.20. The molecular weight excluding hydrogens is 214 g/mol. The molecule has 0 aliphatic carbocycles. The summed E-state index contributed by atoms with van der Waals surface area (Å²) < 4.78 is 5.51. The molecule has 0 saturated carbocycles. The number of aliphatic hydroxyl groups is 1. The molecule has 0 aromatic rings. The number of rotatable bonds is 6. The molecule has 1 unspecified atom stereocenters. The van der Waals surface area contributed by atoms with Gasteiger partial charge in [0.05, 0.1) is 19.3 Å². The average Bonchev–Trinajstić information content (AvgIpc) is 2.28. The van der Waals surface area contributed by atoms with E-state index in [1.807, 2.05) is 0 Å². The van der Waals surface area contributed by atoms with Gasteiger partial charge in [-0.05, 0) is 18.8 Å². The van der Waals surface area contributed by atoms with Gasteiger partial charge in [0.1, 0.15) is 0 Å². The Morgan fingerprint density at radius 1 is 1.47 bits per heavy atom. The smallest absolute Gasteiger partial charge is 0.0701 e. The Hall–Kier alpha value is 0.170. The fourth-order valence-corrected chi connectivity index (χ4v) is 2.07. The number of ether oxygens (including phenoxy) is 1. The van der Waals surface area contributed by atoms with Gasteiger partial charge in [-0.2, -0.15) is 0 Å². The van der Waals surface area contributed by atoms with Crippen molar-refractivity contribution in [2.75, 3.05) is 38.7 Å². The SMILES string of the molecule is CC(CCl)CN1CCC(OCCO)CC1. The van der Waals surface area contributed by atoms with Crippen LogP contribution < -0.4 is 0 Å². The number of likely N-dealkylation sites (tertiary alicyclic amines) is 1. The van der Waals surface area contributed by atoms with Gasteiger partial charge in [0.2, 0.25) is 0 Å². The quantitative estimate of drug-likeness (QED) is 0.706. The zero-order valence-electron chi connectivity index (χ0n) is 9.49. The third-order valence-electron chi connectivity index (χ3n) is 2.81. The van der Waals surface area contributed by atoms with E-state index in [0.29, 0.717) is 18.6 Å². The van der Waals surface area contributed by atoms with Gasteiger partial charge >= 0.3 is 0 Å². The Labute approximate surface area is 97.4 Å². The van der Waals surface area contributed by atoms with Crippen LogP contribution in [0, 0.1) is 5.92 Å². The first-order valence-electron chi connectivity index (χ1n) is 5.77. The van der Waals surface area contributed by atoms with E-state index in [1.165, 1.54) is 0 Å². The third-order valence-corrected chi connectivity index (χ3v) is 3.34. The molecule has 0 spiro atoms. The van der Waals surface area contributed by atoms with Crippen molar-refractivity contribution in [1.82, 2.24) is 4.90 Å². The van der Waals surface area contributed by atoms with Crippen molar-refractivity contribution in [3.63, 3.8) is 0 Å². The maximum atomic E-state index is 8.65. The van der Waals surface area contributed by atoms with Crippen LogP contribution in [0.4, 0.5) is 0 Å². The highest BCUT2D eigenvalue weighted by atomic mass is 35.5. The van der Waals surface area contributed by atoms with Crippen molar-refractivity contribution >= 4 is 11.6 Å². The number of alkyl halides is 1. The summed E-state index contributed by atoms with van der Waals surface area (Å²) in [5.74, 6) is 1.31. The lowest BCUT2D eigenvalue weighted by Crippen LogP contribution is -2.39. The summed E-state index contributed by atoms with van der Waals surface area (Å²) in [5.41, 5.74) is 0. The molecule has 1 fully saturated rings. The summed E-state index contributed by atoms with van der Waals surface area (Å²) in [6.45, 7) is 6.07. The summed E-state index contributed by atoms with van der Waals surface area (Å²) in [7, 11) is 0. The zero-order chi connectivity index (χ0) is 11.1. The van der Waals surface area contributed by atoms with E-state index in [9.17, 15) is 0 Å². The van der Waals surface area contributed by atoms with Crippen molar-refractivity contribution in [3.8, 4) is 0 Å². The van der Waals surface area contributed by atoms with Crippen molar-refractivity contribution < 1.29 is 9.84 Å².